The van der Waals surface area contributed by atoms with Crippen molar-refractivity contribution in [1.29, 1.82) is 0 Å². The maximum Gasteiger partial charge on any atom is 0.231 e. The number of rotatable bonds is 6. The van der Waals surface area contributed by atoms with Crippen molar-refractivity contribution in [3.8, 4) is 11.5 Å². The second-order valence-corrected chi connectivity index (χ2v) is 6.08. The number of nitrogens with one attached hydrogen (secondary N) is 2. The lowest BCUT2D eigenvalue weighted by atomic mass is 10.0. The van der Waals surface area contributed by atoms with E-state index < -0.39 is 0 Å². The van der Waals surface area contributed by atoms with Crippen LogP contribution in [0.2, 0.25) is 0 Å². The molecule has 26 heavy (non-hydrogen) atoms. The molecule has 2 aromatic carbocycles. The molecule has 0 aromatic heterocycles. The molecule has 1 aliphatic rings. The fraction of sp³-hybridized carbons (Fsp3) is 0.350. The van der Waals surface area contributed by atoms with Gasteiger partial charge in [-0.2, -0.15) is 0 Å². The summed E-state index contributed by atoms with van der Waals surface area (Å²) in [5.41, 5.74) is 2.42. The average molecular weight is 467 g/mol. The summed E-state index contributed by atoms with van der Waals surface area (Å²) in [5, 5.41) is 6.72. The molecule has 2 aromatic rings. The highest BCUT2D eigenvalue weighted by Gasteiger charge is 2.13. The first kappa shape index (κ1) is 20.4. The van der Waals surface area contributed by atoms with Crippen LogP contribution in [0.15, 0.2) is 53.5 Å². The van der Waals surface area contributed by atoms with Crippen LogP contribution in [0.1, 0.15) is 30.9 Å². The summed E-state index contributed by atoms with van der Waals surface area (Å²) in [6.45, 7) is 6.82. The SMILES string of the molecule is CCNC(=NCc1ccc2c(c1)OCO2)NCC(C)c1ccccc1.I. The molecule has 1 atom stereocenters. The molecule has 0 radical (unpaired) electrons. The van der Waals surface area contributed by atoms with E-state index in [0.717, 1.165) is 36.1 Å². The number of ether oxygens (including phenoxy) is 2. The van der Waals surface area contributed by atoms with Gasteiger partial charge in [-0.3, -0.25) is 0 Å². The van der Waals surface area contributed by atoms with Crippen molar-refractivity contribution in [3.63, 3.8) is 0 Å². The molecule has 0 saturated heterocycles. The number of hydrogen-bond acceptors (Lipinski definition) is 3. The Balaban J connectivity index is 0.00000243. The minimum Gasteiger partial charge on any atom is -0.454 e. The van der Waals surface area contributed by atoms with E-state index in [1.807, 2.05) is 24.3 Å². The van der Waals surface area contributed by atoms with Gasteiger partial charge in [0.2, 0.25) is 6.79 Å². The third-order valence-electron chi connectivity index (χ3n) is 4.15. The first-order valence-corrected chi connectivity index (χ1v) is 8.72. The summed E-state index contributed by atoms with van der Waals surface area (Å²) >= 11 is 0. The lowest BCUT2D eigenvalue weighted by molar-refractivity contribution is 0.174. The van der Waals surface area contributed by atoms with Gasteiger partial charge in [-0.15, -0.1) is 24.0 Å². The minimum atomic E-state index is 0. The molecule has 0 saturated carbocycles. The van der Waals surface area contributed by atoms with E-state index in [0.29, 0.717) is 19.3 Å². The molecule has 3 rings (SSSR count). The molecule has 0 bridgehead atoms. The van der Waals surface area contributed by atoms with Crippen LogP contribution in [-0.4, -0.2) is 25.8 Å². The second-order valence-electron chi connectivity index (χ2n) is 6.08. The maximum absolute atomic E-state index is 5.42. The van der Waals surface area contributed by atoms with E-state index in [1.165, 1.54) is 5.56 Å². The van der Waals surface area contributed by atoms with E-state index in [1.54, 1.807) is 0 Å². The summed E-state index contributed by atoms with van der Waals surface area (Å²) in [4.78, 5) is 4.67. The van der Waals surface area contributed by atoms with Crippen molar-refractivity contribution >= 4 is 29.9 Å². The van der Waals surface area contributed by atoms with Crippen molar-refractivity contribution < 1.29 is 9.47 Å². The number of aliphatic imine (C=N–C) groups is 1. The Morgan fingerprint density at radius 2 is 1.85 bits per heavy atom. The smallest absolute Gasteiger partial charge is 0.231 e. The van der Waals surface area contributed by atoms with Gasteiger partial charge in [0.1, 0.15) is 0 Å². The van der Waals surface area contributed by atoms with Crippen LogP contribution in [-0.2, 0) is 6.54 Å². The zero-order chi connectivity index (χ0) is 17.5. The Morgan fingerprint density at radius 1 is 1.08 bits per heavy atom. The fourth-order valence-electron chi connectivity index (χ4n) is 2.70. The Morgan fingerprint density at radius 3 is 2.62 bits per heavy atom. The van der Waals surface area contributed by atoms with Gasteiger partial charge in [0.25, 0.3) is 0 Å². The summed E-state index contributed by atoms with van der Waals surface area (Å²) in [7, 11) is 0. The van der Waals surface area contributed by atoms with Crippen molar-refractivity contribution in [3.05, 3.63) is 59.7 Å². The van der Waals surface area contributed by atoms with Crippen LogP contribution in [0, 0.1) is 0 Å². The standard InChI is InChI=1S/C20H25N3O2.HI/c1-3-21-20(22-12-15(2)17-7-5-4-6-8-17)23-13-16-9-10-18-19(11-16)25-14-24-18;/h4-11,15H,3,12-14H2,1-2H3,(H2,21,22,23);1H. The number of hydrogen-bond donors (Lipinski definition) is 2. The highest BCUT2D eigenvalue weighted by Crippen LogP contribution is 2.32. The van der Waals surface area contributed by atoms with Gasteiger partial charge in [-0.05, 0) is 36.1 Å². The Kier molecular flexibility index (Phi) is 8.03. The van der Waals surface area contributed by atoms with Gasteiger partial charge in [0.05, 0.1) is 6.54 Å². The molecule has 2 N–H and O–H groups in total. The third-order valence-corrected chi connectivity index (χ3v) is 4.15. The molecule has 1 heterocycles. The molecule has 1 unspecified atom stereocenters. The van der Waals surface area contributed by atoms with Gasteiger partial charge in [0, 0.05) is 13.1 Å². The largest absolute Gasteiger partial charge is 0.454 e. The van der Waals surface area contributed by atoms with E-state index in [4.69, 9.17) is 9.47 Å². The normalized spacial score (nSPS) is 13.7. The number of halogens is 1. The lowest BCUT2D eigenvalue weighted by Gasteiger charge is -2.16. The molecule has 0 aliphatic carbocycles. The average Bonchev–Trinajstić information content (AvgIpc) is 3.12. The van der Waals surface area contributed by atoms with Gasteiger partial charge in [-0.25, -0.2) is 4.99 Å². The molecule has 6 heteroatoms. The summed E-state index contributed by atoms with van der Waals surface area (Å²) in [6, 6.07) is 16.4. The van der Waals surface area contributed by atoms with Crippen LogP contribution in [0.5, 0.6) is 11.5 Å². The highest BCUT2D eigenvalue weighted by molar-refractivity contribution is 14.0. The zero-order valence-corrected chi connectivity index (χ0v) is 17.5. The quantitative estimate of drug-likeness (QED) is 0.385. The molecular formula is C20H26IN3O2. The van der Waals surface area contributed by atoms with Gasteiger partial charge in [-0.1, -0.05) is 43.3 Å². The summed E-state index contributed by atoms with van der Waals surface area (Å²) < 4.78 is 10.8. The molecule has 0 fully saturated rings. The molecular weight excluding hydrogens is 441 g/mol. The van der Waals surface area contributed by atoms with Crippen molar-refractivity contribution in [2.45, 2.75) is 26.3 Å². The summed E-state index contributed by atoms with van der Waals surface area (Å²) in [5.74, 6) is 2.83. The number of guanidine groups is 1. The van der Waals surface area contributed by atoms with Gasteiger partial charge >= 0.3 is 0 Å². The van der Waals surface area contributed by atoms with E-state index in [2.05, 4.69) is 53.7 Å². The first-order valence-electron chi connectivity index (χ1n) is 8.72. The molecule has 0 spiro atoms. The summed E-state index contributed by atoms with van der Waals surface area (Å²) in [6.07, 6.45) is 0. The molecule has 5 nitrogen and oxygen atoms in total. The monoisotopic (exact) mass is 467 g/mol. The Labute approximate surface area is 172 Å². The molecule has 140 valence electrons. The van der Waals surface area contributed by atoms with Gasteiger partial charge in [0.15, 0.2) is 17.5 Å². The van der Waals surface area contributed by atoms with Crippen molar-refractivity contribution in [2.24, 2.45) is 4.99 Å². The van der Waals surface area contributed by atoms with Crippen LogP contribution >= 0.6 is 24.0 Å². The van der Waals surface area contributed by atoms with Gasteiger partial charge < -0.3 is 20.1 Å². The Hall–Kier alpha value is -1.96. The number of fused-ring (bicyclic) bond motifs is 1. The van der Waals surface area contributed by atoms with Crippen LogP contribution in [0.4, 0.5) is 0 Å². The highest BCUT2D eigenvalue weighted by atomic mass is 127. The van der Waals surface area contributed by atoms with Crippen LogP contribution in [0.3, 0.4) is 0 Å². The van der Waals surface area contributed by atoms with Crippen molar-refractivity contribution in [2.75, 3.05) is 19.9 Å². The van der Waals surface area contributed by atoms with Crippen LogP contribution < -0.4 is 20.1 Å². The second kappa shape index (κ2) is 10.3. The topological polar surface area (TPSA) is 54.9 Å². The predicted octanol–water partition coefficient (Wildman–Crippen LogP) is 3.89. The van der Waals surface area contributed by atoms with E-state index in [-0.39, 0.29) is 24.0 Å². The van der Waals surface area contributed by atoms with E-state index in [9.17, 15) is 0 Å². The fourth-order valence-corrected chi connectivity index (χ4v) is 2.70. The first-order chi connectivity index (χ1) is 12.3. The molecule has 1 aliphatic heterocycles. The number of benzene rings is 2. The minimum absolute atomic E-state index is 0. The predicted molar refractivity (Wildman–Crippen MR) is 116 cm³/mol. The zero-order valence-electron chi connectivity index (χ0n) is 15.2. The van der Waals surface area contributed by atoms with Crippen LogP contribution in [0.25, 0.3) is 0 Å². The molecule has 0 amide bonds. The lowest BCUT2D eigenvalue weighted by Crippen LogP contribution is -2.39. The maximum atomic E-state index is 5.42. The third kappa shape index (κ3) is 5.52. The Bertz CT molecular complexity index is 722. The number of nitrogens with zero attached hydrogens (tertiary/aromatic N) is 1. The van der Waals surface area contributed by atoms with E-state index >= 15 is 0 Å². The van der Waals surface area contributed by atoms with Crippen molar-refractivity contribution in [1.82, 2.24) is 10.6 Å².